The van der Waals surface area contributed by atoms with Gasteiger partial charge < -0.3 is 33.8 Å². The van der Waals surface area contributed by atoms with Gasteiger partial charge >= 0.3 is 39.5 Å². The average molecular weight is 1510 g/mol. The zero-order chi connectivity index (χ0) is 76.0. The molecule has 0 bridgehead atoms. The number of aliphatic hydroxyl groups is 1. The molecule has 17 nitrogen and oxygen atoms in total. The van der Waals surface area contributed by atoms with E-state index in [0.29, 0.717) is 31.6 Å². The molecule has 0 rings (SSSR count). The first-order chi connectivity index (χ1) is 49.7. The number of ether oxygens (including phenoxy) is 4. The Morgan fingerprint density at radius 1 is 0.272 bits per heavy atom. The third-order valence-electron chi connectivity index (χ3n) is 20.7. The van der Waals surface area contributed by atoms with Gasteiger partial charge in [-0.15, -0.1) is 0 Å². The Balaban J connectivity index is 5.22. The lowest BCUT2D eigenvalue weighted by atomic mass is 9.99. The maximum Gasteiger partial charge on any atom is 0.472 e. The van der Waals surface area contributed by atoms with Crippen molar-refractivity contribution in [3.8, 4) is 0 Å². The number of phosphoric ester groups is 2. The van der Waals surface area contributed by atoms with Crippen LogP contribution < -0.4 is 0 Å². The highest BCUT2D eigenvalue weighted by Gasteiger charge is 2.30. The molecule has 0 saturated heterocycles. The van der Waals surface area contributed by atoms with Crippen molar-refractivity contribution in [2.45, 2.75) is 453 Å². The third kappa shape index (κ3) is 74.0. The van der Waals surface area contributed by atoms with E-state index in [1.165, 1.54) is 231 Å². The lowest BCUT2D eigenvalue weighted by Crippen LogP contribution is -2.30. The van der Waals surface area contributed by atoms with Crippen molar-refractivity contribution in [3.63, 3.8) is 0 Å². The Morgan fingerprint density at radius 2 is 0.466 bits per heavy atom. The number of phosphoric acid groups is 2. The van der Waals surface area contributed by atoms with Gasteiger partial charge in [-0.2, -0.15) is 0 Å². The van der Waals surface area contributed by atoms with Crippen LogP contribution in [-0.2, 0) is 65.4 Å². The van der Waals surface area contributed by atoms with Gasteiger partial charge in [0.1, 0.15) is 19.3 Å². The van der Waals surface area contributed by atoms with Crippen LogP contribution in [0.15, 0.2) is 0 Å². The molecule has 19 heteroatoms. The molecule has 0 amide bonds. The minimum atomic E-state index is -4.97. The third-order valence-corrected chi connectivity index (χ3v) is 22.6. The molecule has 0 aromatic heterocycles. The molecule has 0 fully saturated rings. The maximum absolute atomic E-state index is 13.1. The highest BCUT2D eigenvalue weighted by Crippen LogP contribution is 2.45. The van der Waals surface area contributed by atoms with E-state index in [1.54, 1.807) is 0 Å². The molecule has 0 saturated carbocycles. The second-order valence-corrected chi connectivity index (χ2v) is 34.3. The maximum atomic E-state index is 13.1. The molecule has 0 aliphatic heterocycles. The molecule has 0 aliphatic carbocycles. The summed E-state index contributed by atoms with van der Waals surface area (Å²) >= 11 is 0. The number of rotatable bonds is 81. The molecule has 0 aliphatic rings. The second-order valence-electron chi connectivity index (χ2n) is 31.4. The molecule has 0 heterocycles. The van der Waals surface area contributed by atoms with E-state index >= 15 is 0 Å². The van der Waals surface area contributed by atoms with Gasteiger partial charge in [0.15, 0.2) is 12.2 Å². The fraction of sp³-hybridized carbons (Fsp3) is 0.952. The first-order valence-corrected chi connectivity index (χ1v) is 46.3. The van der Waals surface area contributed by atoms with Crippen LogP contribution in [0.1, 0.15) is 434 Å². The van der Waals surface area contributed by atoms with Gasteiger partial charge in [-0.1, -0.05) is 383 Å². The Hall–Kier alpha value is -1.94. The van der Waals surface area contributed by atoms with Crippen LogP contribution >= 0.6 is 15.6 Å². The number of carbonyl (C=O) groups is 4. The fourth-order valence-electron chi connectivity index (χ4n) is 12.9. The summed E-state index contributed by atoms with van der Waals surface area (Å²) in [5, 5.41) is 10.7. The van der Waals surface area contributed by atoms with Crippen LogP contribution in [-0.4, -0.2) is 96.7 Å². The highest BCUT2D eigenvalue weighted by atomic mass is 31.2. The smallest absolute Gasteiger partial charge is 0.462 e. The fourth-order valence-corrected chi connectivity index (χ4v) is 14.4. The molecule has 0 aromatic carbocycles. The van der Waals surface area contributed by atoms with Gasteiger partial charge in [-0.05, 0) is 49.4 Å². The molecule has 0 spiro atoms. The first kappa shape index (κ1) is 101. The summed E-state index contributed by atoms with van der Waals surface area (Å²) in [6, 6.07) is 0. The number of aliphatic hydroxyl groups excluding tert-OH is 1. The zero-order valence-electron chi connectivity index (χ0n) is 68.0. The monoisotopic (exact) mass is 1510 g/mol. The van der Waals surface area contributed by atoms with E-state index in [2.05, 4.69) is 55.4 Å². The van der Waals surface area contributed by atoms with Crippen molar-refractivity contribution >= 4 is 39.5 Å². The van der Waals surface area contributed by atoms with Crippen molar-refractivity contribution < 1.29 is 80.2 Å². The predicted molar refractivity (Wildman–Crippen MR) is 423 cm³/mol. The number of hydrogen-bond donors (Lipinski definition) is 3. The minimum Gasteiger partial charge on any atom is -0.462 e. The van der Waals surface area contributed by atoms with Crippen molar-refractivity contribution in [1.82, 2.24) is 0 Å². The van der Waals surface area contributed by atoms with Gasteiger partial charge in [0, 0.05) is 25.7 Å². The van der Waals surface area contributed by atoms with Gasteiger partial charge in [0.2, 0.25) is 0 Å². The lowest BCUT2D eigenvalue weighted by Gasteiger charge is -2.21. The SMILES string of the molecule is CCC(C)CCCCCCCCCCCCCCCCCCCCC(=O)O[C@H](COC(=O)CCCCCCCCCCCCCCCCC(C)CC)COP(=O)(O)OC[C@@H](O)COP(=O)(O)OC[C@@H](COC(=O)CCCCCCCCC(C)C)OC(=O)CCCCCCCCCCCCC(C)CC. The van der Waals surface area contributed by atoms with Crippen molar-refractivity contribution in [2.24, 2.45) is 23.7 Å². The average Bonchev–Trinajstić information content (AvgIpc) is 0.933. The van der Waals surface area contributed by atoms with E-state index in [0.717, 1.165) is 114 Å². The molecular weight excluding hydrogens is 1340 g/mol. The van der Waals surface area contributed by atoms with Crippen LogP contribution in [0.2, 0.25) is 0 Å². The Labute approximate surface area is 632 Å². The molecule has 5 unspecified atom stereocenters. The van der Waals surface area contributed by atoms with Crippen LogP contribution in [0.3, 0.4) is 0 Å². The zero-order valence-corrected chi connectivity index (χ0v) is 69.7. The number of hydrogen-bond acceptors (Lipinski definition) is 15. The van der Waals surface area contributed by atoms with Crippen molar-refractivity contribution in [2.75, 3.05) is 39.6 Å². The number of unbranched alkanes of at least 4 members (excludes halogenated alkanes) is 44. The quantitative estimate of drug-likeness (QED) is 0.0222. The molecular formula is C84H164O17P2. The van der Waals surface area contributed by atoms with Gasteiger partial charge in [-0.3, -0.25) is 37.3 Å². The minimum absolute atomic E-state index is 0.105. The summed E-state index contributed by atoms with van der Waals surface area (Å²) in [6.07, 6.45) is 61.1. The molecule has 8 atom stereocenters. The normalized spacial score (nSPS) is 14.8. The van der Waals surface area contributed by atoms with E-state index in [1.807, 2.05) is 0 Å². The summed E-state index contributed by atoms with van der Waals surface area (Å²) in [4.78, 5) is 73.1. The van der Waals surface area contributed by atoms with E-state index < -0.39 is 97.5 Å². The lowest BCUT2D eigenvalue weighted by molar-refractivity contribution is -0.161. The van der Waals surface area contributed by atoms with Crippen LogP contribution in [0, 0.1) is 23.7 Å². The number of carbonyl (C=O) groups excluding carboxylic acids is 4. The number of esters is 4. The summed E-state index contributed by atoms with van der Waals surface area (Å²) in [6.45, 7) is 14.3. The van der Waals surface area contributed by atoms with Crippen LogP contribution in [0.4, 0.5) is 0 Å². The molecule has 3 N–H and O–H groups in total. The van der Waals surface area contributed by atoms with E-state index in [-0.39, 0.29) is 25.7 Å². The van der Waals surface area contributed by atoms with Gasteiger partial charge in [0.05, 0.1) is 26.4 Å². The molecule has 0 radical (unpaired) electrons. The first-order valence-electron chi connectivity index (χ1n) is 43.3. The summed E-state index contributed by atoms with van der Waals surface area (Å²) in [7, 11) is -9.92. The predicted octanol–water partition coefficient (Wildman–Crippen LogP) is 25.2. The van der Waals surface area contributed by atoms with Crippen LogP contribution in [0.5, 0.6) is 0 Å². The largest absolute Gasteiger partial charge is 0.472 e. The standard InChI is InChI=1S/C84H164O17P2/c1-9-75(6)61-53-45-36-30-24-20-16-14-12-13-15-17-23-27-34-40-50-58-66-83(88)100-79(70-94-81(86)64-56-48-39-33-26-22-19-18-21-25-31-37-46-54-62-76(7)10-2)72-98-102(90,91)96-68-78(85)69-97-103(92,93)99-73-80(71-95-82(87)65-57-49-43-42-44-52-60-74(4)5)101-84(89)67-59-51-41-35-29-28-32-38-47-55-63-77(8)11-3/h74-80,85H,9-73H2,1-8H3,(H,90,91)(H,92,93)/t75?,76?,77?,78-,79-,80-/m1/s1. The molecule has 612 valence electrons. The summed E-state index contributed by atoms with van der Waals surface area (Å²) in [5.74, 6) is 1.09. The second kappa shape index (κ2) is 72.9. The highest BCUT2D eigenvalue weighted by molar-refractivity contribution is 7.47. The van der Waals surface area contributed by atoms with Gasteiger partial charge in [0.25, 0.3) is 0 Å². The van der Waals surface area contributed by atoms with Gasteiger partial charge in [-0.25, -0.2) is 9.13 Å². The van der Waals surface area contributed by atoms with E-state index in [9.17, 15) is 43.2 Å². The topological polar surface area (TPSA) is 237 Å². The summed E-state index contributed by atoms with van der Waals surface area (Å²) in [5.41, 5.74) is 0. The summed E-state index contributed by atoms with van der Waals surface area (Å²) < 4.78 is 68.8. The Bertz CT molecular complexity index is 2010. The van der Waals surface area contributed by atoms with Crippen molar-refractivity contribution in [3.05, 3.63) is 0 Å². The van der Waals surface area contributed by atoms with Crippen molar-refractivity contribution in [1.29, 1.82) is 0 Å². The molecule has 103 heavy (non-hydrogen) atoms. The Morgan fingerprint density at radius 3 is 0.689 bits per heavy atom. The van der Waals surface area contributed by atoms with Crippen LogP contribution in [0.25, 0.3) is 0 Å². The Kier molecular flexibility index (Phi) is 71.5. The van der Waals surface area contributed by atoms with E-state index in [4.69, 9.17) is 37.0 Å². The molecule has 0 aromatic rings.